The highest BCUT2D eigenvalue weighted by Gasteiger charge is 2.36. The van der Waals surface area contributed by atoms with Crippen LogP contribution >= 0.6 is 0 Å². The van der Waals surface area contributed by atoms with E-state index in [-0.39, 0.29) is 17.4 Å². The molecule has 0 aliphatic heterocycles. The van der Waals surface area contributed by atoms with Crippen molar-refractivity contribution in [3.05, 3.63) is 0 Å². The van der Waals surface area contributed by atoms with Crippen LogP contribution in [0, 0.1) is 5.41 Å². The Bertz CT molecular complexity index is 218. The van der Waals surface area contributed by atoms with Gasteiger partial charge >= 0.3 is 5.97 Å². The third kappa shape index (κ3) is 3.48. The van der Waals surface area contributed by atoms with E-state index in [2.05, 4.69) is 0 Å². The molecular weight excluding hydrogens is 202 g/mol. The van der Waals surface area contributed by atoms with Crippen LogP contribution in [0.3, 0.4) is 0 Å². The molecule has 1 saturated carbocycles. The number of hydrogen-bond donors (Lipinski definition) is 1. The van der Waals surface area contributed by atoms with Crippen LogP contribution in [0.25, 0.3) is 0 Å². The molecule has 0 amide bonds. The van der Waals surface area contributed by atoms with Gasteiger partial charge in [0.05, 0.1) is 13.5 Å². The summed E-state index contributed by atoms with van der Waals surface area (Å²) >= 11 is 0. The Labute approximate surface area is 98.7 Å². The Morgan fingerprint density at radius 3 is 2.19 bits per heavy atom. The summed E-state index contributed by atoms with van der Waals surface area (Å²) in [6, 6.07) is 0.0738. The van der Waals surface area contributed by atoms with Gasteiger partial charge in [0.25, 0.3) is 0 Å². The number of ether oxygens (including phenoxy) is 1. The van der Waals surface area contributed by atoms with Gasteiger partial charge in [-0.2, -0.15) is 0 Å². The zero-order chi connectivity index (χ0) is 12.0. The summed E-state index contributed by atoms with van der Waals surface area (Å²) in [5, 5.41) is 0. The van der Waals surface area contributed by atoms with E-state index in [1.54, 1.807) is 0 Å². The molecule has 0 saturated heterocycles. The predicted molar refractivity (Wildman–Crippen MR) is 65.0 cm³/mol. The molecule has 0 bridgehead atoms. The van der Waals surface area contributed by atoms with Crippen molar-refractivity contribution in [1.29, 1.82) is 0 Å². The van der Waals surface area contributed by atoms with Crippen molar-refractivity contribution in [2.24, 2.45) is 11.1 Å². The van der Waals surface area contributed by atoms with Crippen molar-refractivity contribution in [3.8, 4) is 0 Å². The van der Waals surface area contributed by atoms with Crippen LogP contribution in [0.1, 0.15) is 58.3 Å². The molecule has 1 fully saturated rings. The standard InChI is InChI=1S/C13H25NO2/c1-11(14)13(10-12(15)16-2)8-6-4-3-5-7-9-13/h11H,3-10,14H2,1-2H3. The largest absolute Gasteiger partial charge is 0.469 e. The summed E-state index contributed by atoms with van der Waals surface area (Å²) in [6.07, 6.45) is 8.89. The topological polar surface area (TPSA) is 52.3 Å². The summed E-state index contributed by atoms with van der Waals surface area (Å²) in [6.45, 7) is 2.03. The third-order valence-corrected chi connectivity index (χ3v) is 4.04. The molecule has 0 aromatic heterocycles. The fraction of sp³-hybridized carbons (Fsp3) is 0.923. The number of carbonyl (C=O) groups is 1. The summed E-state index contributed by atoms with van der Waals surface area (Å²) in [4.78, 5) is 11.5. The third-order valence-electron chi connectivity index (χ3n) is 4.04. The maximum absolute atomic E-state index is 11.5. The predicted octanol–water partition coefficient (Wildman–Crippen LogP) is 2.63. The first kappa shape index (κ1) is 13.5. The molecule has 94 valence electrons. The van der Waals surface area contributed by atoms with Gasteiger partial charge in [0.15, 0.2) is 0 Å². The highest BCUT2D eigenvalue weighted by atomic mass is 16.5. The van der Waals surface area contributed by atoms with E-state index >= 15 is 0 Å². The molecule has 1 aliphatic rings. The van der Waals surface area contributed by atoms with E-state index in [0.717, 1.165) is 12.8 Å². The van der Waals surface area contributed by atoms with Crippen LogP contribution in [0.5, 0.6) is 0 Å². The fourth-order valence-electron chi connectivity index (χ4n) is 2.76. The molecule has 1 aliphatic carbocycles. The minimum atomic E-state index is -0.113. The van der Waals surface area contributed by atoms with Gasteiger partial charge in [-0.1, -0.05) is 32.1 Å². The number of hydrogen-bond acceptors (Lipinski definition) is 3. The lowest BCUT2D eigenvalue weighted by Crippen LogP contribution is -2.42. The number of nitrogens with two attached hydrogens (primary N) is 1. The van der Waals surface area contributed by atoms with Crippen LogP contribution in [-0.4, -0.2) is 19.1 Å². The van der Waals surface area contributed by atoms with Crippen LogP contribution in [0.15, 0.2) is 0 Å². The monoisotopic (exact) mass is 227 g/mol. The lowest BCUT2D eigenvalue weighted by atomic mass is 9.69. The van der Waals surface area contributed by atoms with Crippen molar-refractivity contribution in [2.45, 2.75) is 64.3 Å². The Hall–Kier alpha value is -0.570. The van der Waals surface area contributed by atoms with Gasteiger partial charge in [0.2, 0.25) is 0 Å². The molecule has 3 heteroatoms. The summed E-state index contributed by atoms with van der Waals surface area (Å²) in [5.74, 6) is -0.113. The molecule has 3 nitrogen and oxygen atoms in total. The van der Waals surface area contributed by atoms with Crippen LogP contribution in [0.4, 0.5) is 0 Å². The number of carbonyl (C=O) groups excluding carboxylic acids is 1. The number of methoxy groups -OCH3 is 1. The summed E-state index contributed by atoms with van der Waals surface area (Å²) < 4.78 is 4.81. The summed E-state index contributed by atoms with van der Waals surface area (Å²) in [5.41, 5.74) is 6.10. The van der Waals surface area contributed by atoms with Gasteiger partial charge in [0.1, 0.15) is 0 Å². The molecule has 0 spiro atoms. The highest BCUT2D eigenvalue weighted by Crippen LogP contribution is 2.39. The van der Waals surface area contributed by atoms with Gasteiger partial charge in [-0.15, -0.1) is 0 Å². The molecule has 0 heterocycles. The second-order valence-electron chi connectivity index (χ2n) is 5.17. The second-order valence-corrected chi connectivity index (χ2v) is 5.17. The van der Waals surface area contributed by atoms with E-state index in [9.17, 15) is 4.79 Å². The maximum Gasteiger partial charge on any atom is 0.306 e. The molecule has 0 aromatic rings. The quantitative estimate of drug-likeness (QED) is 0.754. The zero-order valence-corrected chi connectivity index (χ0v) is 10.6. The van der Waals surface area contributed by atoms with E-state index < -0.39 is 0 Å². The minimum Gasteiger partial charge on any atom is -0.469 e. The Balaban J connectivity index is 2.71. The van der Waals surface area contributed by atoms with Crippen LogP contribution in [-0.2, 0) is 9.53 Å². The van der Waals surface area contributed by atoms with E-state index in [1.165, 1.54) is 39.2 Å². The Kier molecular flexibility index (Phi) is 5.26. The molecular formula is C13H25NO2. The Morgan fingerprint density at radius 2 is 1.75 bits per heavy atom. The SMILES string of the molecule is COC(=O)CC1(C(C)N)CCCCCCC1. The van der Waals surface area contributed by atoms with Crippen molar-refractivity contribution < 1.29 is 9.53 Å². The molecule has 2 N–H and O–H groups in total. The molecule has 0 aromatic carbocycles. The van der Waals surface area contributed by atoms with E-state index in [0.29, 0.717) is 6.42 Å². The zero-order valence-electron chi connectivity index (χ0n) is 10.6. The van der Waals surface area contributed by atoms with Crippen LogP contribution < -0.4 is 5.73 Å². The van der Waals surface area contributed by atoms with Gasteiger partial charge in [-0.25, -0.2) is 0 Å². The normalized spacial score (nSPS) is 22.9. The molecule has 1 rings (SSSR count). The lowest BCUT2D eigenvalue weighted by Gasteiger charge is -2.38. The van der Waals surface area contributed by atoms with Crippen molar-refractivity contribution >= 4 is 5.97 Å². The first-order chi connectivity index (χ1) is 7.60. The van der Waals surface area contributed by atoms with E-state index in [1.807, 2.05) is 6.92 Å². The average molecular weight is 227 g/mol. The van der Waals surface area contributed by atoms with Crippen LogP contribution in [0.2, 0.25) is 0 Å². The maximum atomic E-state index is 11.5. The lowest BCUT2D eigenvalue weighted by molar-refractivity contribution is -0.144. The van der Waals surface area contributed by atoms with Gasteiger partial charge < -0.3 is 10.5 Å². The number of esters is 1. The molecule has 1 unspecified atom stereocenters. The molecule has 16 heavy (non-hydrogen) atoms. The first-order valence-corrected chi connectivity index (χ1v) is 6.43. The fourth-order valence-corrected chi connectivity index (χ4v) is 2.76. The van der Waals surface area contributed by atoms with E-state index in [4.69, 9.17) is 10.5 Å². The highest BCUT2D eigenvalue weighted by molar-refractivity contribution is 5.70. The first-order valence-electron chi connectivity index (χ1n) is 6.43. The van der Waals surface area contributed by atoms with Gasteiger partial charge in [-0.3, -0.25) is 4.79 Å². The number of rotatable bonds is 3. The van der Waals surface area contributed by atoms with Crippen molar-refractivity contribution in [1.82, 2.24) is 0 Å². The smallest absolute Gasteiger partial charge is 0.306 e. The average Bonchev–Trinajstić information content (AvgIpc) is 2.21. The minimum absolute atomic E-state index is 0.0203. The van der Waals surface area contributed by atoms with Crippen molar-refractivity contribution in [2.75, 3.05) is 7.11 Å². The van der Waals surface area contributed by atoms with Gasteiger partial charge in [-0.05, 0) is 25.2 Å². The van der Waals surface area contributed by atoms with Gasteiger partial charge in [0, 0.05) is 6.04 Å². The summed E-state index contributed by atoms with van der Waals surface area (Å²) in [7, 11) is 1.46. The second kappa shape index (κ2) is 6.24. The molecule has 0 radical (unpaired) electrons. The Morgan fingerprint density at radius 1 is 1.25 bits per heavy atom. The molecule has 1 atom stereocenters. The van der Waals surface area contributed by atoms with Crippen molar-refractivity contribution in [3.63, 3.8) is 0 Å².